The standard InChI is InChI=1S/C19H23ClN2O3S/c1-13-8-9-14(2)18(10-13)15(3)21-19(23)12-22(26(4,24)25)17-7-5-6-16(20)11-17/h5-11,15H,12H2,1-4H3,(H,21,23). The van der Waals surface area contributed by atoms with Crippen molar-refractivity contribution < 1.29 is 13.2 Å². The van der Waals surface area contributed by atoms with Crippen molar-refractivity contribution in [2.45, 2.75) is 26.8 Å². The summed E-state index contributed by atoms with van der Waals surface area (Å²) < 4.78 is 25.3. The third-order valence-electron chi connectivity index (χ3n) is 4.06. The van der Waals surface area contributed by atoms with E-state index in [4.69, 9.17) is 11.6 Å². The average Bonchev–Trinajstić information content (AvgIpc) is 2.53. The molecule has 0 spiro atoms. The number of hydrogen-bond acceptors (Lipinski definition) is 3. The minimum atomic E-state index is -3.63. The molecule has 140 valence electrons. The minimum Gasteiger partial charge on any atom is -0.348 e. The van der Waals surface area contributed by atoms with Crippen LogP contribution in [0.3, 0.4) is 0 Å². The molecule has 1 atom stereocenters. The van der Waals surface area contributed by atoms with E-state index in [1.165, 1.54) is 6.07 Å². The largest absolute Gasteiger partial charge is 0.348 e. The molecule has 0 bridgehead atoms. The second-order valence-corrected chi connectivity index (χ2v) is 8.74. The van der Waals surface area contributed by atoms with E-state index < -0.39 is 10.0 Å². The molecule has 0 aliphatic heterocycles. The normalized spacial score (nSPS) is 12.5. The Labute approximate surface area is 160 Å². The van der Waals surface area contributed by atoms with Gasteiger partial charge in [-0.2, -0.15) is 0 Å². The van der Waals surface area contributed by atoms with Crippen molar-refractivity contribution in [1.82, 2.24) is 5.32 Å². The molecule has 0 radical (unpaired) electrons. The van der Waals surface area contributed by atoms with Crippen molar-refractivity contribution in [2.24, 2.45) is 0 Å². The number of anilines is 1. The summed E-state index contributed by atoms with van der Waals surface area (Å²) in [4.78, 5) is 12.5. The van der Waals surface area contributed by atoms with Crippen LogP contribution in [-0.2, 0) is 14.8 Å². The Balaban J connectivity index is 2.19. The predicted octanol–water partition coefficient (Wildman–Crippen LogP) is 3.60. The number of halogens is 1. The van der Waals surface area contributed by atoms with Crippen molar-refractivity contribution in [3.8, 4) is 0 Å². The first-order valence-corrected chi connectivity index (χ1v) is 10.4. The summed E-state index contributed by atoms with van der Waals surface area (Å²) in [7, 11) is -3.63. The fourth-order valence-corrected chi connectivity index (χ4v) is 3.79. The Morgan fingerprint density at radius 2 is 1.88 bits per heavy atom. The van der Waals surface area contributed by atoms with E-state index in [0.29, 0.717) is 10.7 Å². The van der Waals surface area contributed by atoms with Crippen LogP contribution < -0.4 is 9.62 Å². The second kappa shape index (κ2) is 8.10. The van der Waals surface area contributed by atoms with Crippen LogP contribution >= 0.6 is 11.6 Å². The fourth-order valence-electron chi connectivity index (χ4n) is 2.75. The summed E-state index contributed by atoms with van der Waals surface area (Å²) in [6.45, 7) is 5.53. The molecule has 0 fully saturated rings. The molecule has 0 aliphatic rings. The van der Waals surface area contributed by atoms with E-state index in [1.54, 1.807) is 18.2 Å². The van der Waals surface area contributed by atoms with Crippen LogP contribution in [-0.4, -0.2) is 27.1 Å². The lowest BCUT2D eigenvalue weighted by atomic mass is 10.00. The highest BCUT2D eigenvalue weighted by molar-refractivity contribution is 7.92. The summed E-state index contributed by atoms with van der Waals surface area (Å²) >= 11 is 5.95. The number of nitrogens with zero attached hydrogens (tertiary/aromatic N) is 1. The number of aryl methyl sites for hydroxylation is 2. The smallest absolute Gasteiger partial charge is 0.241 e. The van der Waals surface area contributed by atoms with Crippen LogP contribution in [0.2, 0.25) is 5.02 Å². The highest BCUT2D eigenvalue weighted by Crippen LogP contribution is 2.22. The Morgan fingerprint density at radius 3 is 2.50 bits per heavy atom. The summed E-state index contributed by atoms with van der Waals surface area (Å²) in [6, 6.07) is 12.2. The zero-order valence-electron chi connectivity index (χ0n) is 15.3. The second-order valence-electron chi connectivity index (χ2n) is 6.40. The molecule has 0 aromatic heterocycles. The van der Waals surface area contributed by atoms with Crippen molar-refractivity contribution in [3.63, 3.8) is 0 Å². The molecule has 0 saturated carbocycles. The summed E-state index contributed by atoms with van der Waals surface area (Å²) in [5.41, 5.74) is 3.53. The molecular weight excluding hydrogens is 372 g/mol. The lowest BCUT2D eigenvalue weighted by Gasteiger charge is -2.24. The first-order valence-electron chi connectivity index (χ1n) is 8.17. The van der Waals surface area contributed by atoms with Gasteiger partial charge < -0.3 is 5.32 Å². The van der Waals surface area contributed by atoms with Gasteiger partial charge in [-0.3, -0.25) is 9.10 Å². The van der Waals surface area contributed by atoms with Gasteiger partial charge >= 0.3 is 0 Å². The van der Waals surface area contributed by atoms with Crippen LogP contribution in [0.4, 0.5) is 5.69 Å². The Bertz CT molecular complexity index is 913. The molecule has 2 rings (SSSR count). The van der Waals surface area contributed by atoms with Gasteiger partial charge in [-0.25, -0.2) is 8.42 Å². The highest BCUT2D eigenvalue weighted by Gasteiger charge is 2.22. The van der Waals surface area contributed by atoms with Gasteiger partial charge in [0.25, 0.3) is 0 Å². The number of nitrogens with one attached hydrogen (secondary N) is 1. The fraction of sp³-hybridized carbons (Fsp3) is 0.316. The summed E-state index contributed by atoms with van der Waals surface area (Å²) in [5.74, 6) is -0.385. The van der Waals surface area contributed by atoms with Crippen LogP contribution in [0.5, 0.6) is 0 Å². The van der Waals surface area contributed by atoms with Crippen LogP contribution in [0.25, 0.3) is 0 Å². The van der Waals surface area contributed by atoms with Crippen LogP contribution in [0.15, 0.2) is 42.5 Å². The lowest BCUT2D eigenvalue weighted by molar-refractivity contribution is -0.120. The highest BCUT2D eigenvalue weighted by atomic mass is 35.5. The van der Waals surface area contributed by atoms with E-state index in [1.807, 2.05) is 39.0 Å². The van der Waals surface area contributed by atoms with Crippen LogP contribution in [0, 0.1) is 13.8 Å². The van der Waals surface area contributed by atoms with Crippen LogP contribution in [0.1, 0.15) is 29.7 Å². The quantitative estimate of drug-likeness (QED) is 0.813. The van der Waals surface area contributed by atoms with Gasteiger partial charge in [-0.05, 0) is 50.1 Å². The van der Waals surface area contributed by atoms with Gasteiger partial charge in [0.2, 0.25) is 15.9 Å². The Morgan fingerprint density at radius 1 is 1.19 bits per heavy atom. The molecular formula is C19H23ClN2O3S. The summed E-state index contributed by atoms with van der Waals surface area (Å²) in [5, 5.41) is 3.28. The number of rotatable bonds is 6. The van der Waals surface area contributed by atoms with E-state index in [9.17, 15) is 13.2 Å². The molecule has 0 heterocycles. The van der Waals surface area contributed by atoms with Gasteiger partial charge in [0.1, 0.15) is 6.54 Å². The van der Waals surface area contributed by atoms with Crippen molar-refractivity contribution in [1.29, 1.82) is 0 Å². The molecule has 0 saturated heterocycles. The minimum absolute atomic E-state index is 0.233. The zero-order chi connectivity index (χ0) is 19.5. The molecule has 26 heavy (non-hydrogen) atoms. The van der Waals surface area contributed by atoms with Crippen molar-refractivity contribution in [2.75, 3.05) is 17.1 Å². The van der Waals surface area contributed by atoms with E-state index in [-0.39, 0.29) is 18.5 Å². The number of sulfonamides is 1. The van der Waals surface area contributed by atoms with Crippen molar-refractivity contribution in [3.05, 3.63) is 64.2 Å². The number of carbonyl (C=O) groups is 1. The maximum Gasteiger partial charge on any atom is 0.241 e. The average molecular weight is 395 g/mol. The van der Waals surface area contributed by atoms with E-state index in [0.717, 1.165) is 27.3 Å². The van der Waals surface area contributed by atoms with E-state index >= 15 is 0 Å². The predicted molar refractivity (Wildman–Crippen MR) is 106 cm³/mol. The first-order chi connectivity index (χ1) is 12.1. The van der Waals surface area contributed by atoms with Gasteiger partial charge in [0.15, 0.2) is 0 Å². The zero-order valence-corrected chi connectivity index (χ0v) is 16.9. The molecule has 1 N–H and O–H groups in total. The molecule has 0 aliphatic carbocycles. The Hall–Kier alpha value is -2.05. The third-order valence-corrected chi connectivity index (χ3v) is 5.44. The van der Waals surface area contributed by atoms with Gasteiger partial charge in [0.05, 0.1) is 18.0 Å². The van der Waals surface area contributed by atoms with Gasteiger partial charge in [0, 0.05) is 5.02 Å². The maximum absolute atomic E-state index is 12.5. The number of amides is 1. The molecule has 5 nitrogen and oxygen atoms in total. The maximum atomic E-state index is 12.5. The van der Waals surface area contributed by atoms with Gasteiger partial charge in [-0.1, -0.05) is 41.4 Å². The monoisotopic (exact) mass is 394 g/mol. The number of benzene rings is 2. The molecule has 1 amide bonds. The molecule has 1 unspecified atom stereocenters. The number of hydrogen-bond donors (Lipinski definition) is 1. The lowest BCUT2D eigenvalue weighted by Crippen LogP contribution is -2.41. The van der Waals surface area contributed by atoms with E-state index in [2.05, 4.69) is 5.32 Å². The molecule has 2 aromatic carbocycles. The SMILES string of the molecule is Cc1ccc(C)c(C(C)NC(=O)CN(c2cccc(Cl)c2)S(C)(=O)=O)c1. The van der Waals surface area contributed by atoms with Gasteiger partial charge in [-0.15, -0.1) is 0 Å². The number of carbonyl (C=O) groups excluding carboxylic acids is 1. The third kappa shape index (κ3) is 5.22. The Kier molecular flexibility index (Phi) is 6.31. The molecule has 2 aromatic rings. The summed E-state index contributed by atoms with van der Waals surface area (Å²) in [6.07, 6.45) is 1.06. The topological polar surface area (TPSA) is 66.5 Å². The molecule has 7 heteroatoms. The van der Waals surface area contributed by atoms with Crippen molar-refractivity contribution >= 4 is 33.2 Å². The first kappa shape index (κ1) is 20.3.